The molecule has 0 spiro atoms. The molecule has 8 nitrogen and oxygen atoms in total. The molecule has 0 fully saturated rings. The number of rotatable bonds is 8. The Morgan fingerprint density at radius 3 is 2.10 bits per heavy atom. The smallest absolute Gasteiger partial charge is 0.295 e. The largest absolute Gasteiger partial charge is 0.311 e. The standard InChI is InChI=1S/C38H32FN5O3S2/c1-22-20-30(23(2)42(22)34-24(3)41(5)44(37(34)47)29-14-10-7-11-15-29)31(45)21-48-38-40-35-33(36(46)43(38)28-12-8-6-9-13-28)32(25(4)49-35)26-16-18-27(39)19-17-26/h6-20H,21H2,1-5H3. The first-order chi connectivity index (χ1) is 23.6. The number of hydrogen-bond acceptors (Lipinski definition) is 6. The molecule has 0 saturated carbocycles. The van der Waals surface area contributed by atoms with Crippen LogP contribution in [0.3, 0.4) is 0 Å². The number of fused-ring (bicyclic) bond motifs is 1. The Morgan fingerprint density at radius 2 is 1.45 bits per heavy atom. The van der Waals surface area contributed by atoms with E-state index in [1.54, 1.807) is 21.4 Å². The fraction of sp³-hybridized carbons (Fsp3) is 0.158. The number of aryl methyl sites for hydroxylation is 2. The van der Waals surface area contributed by atoms with Gasteiger partial charge < -0.3 is 4.57 Å². The zero-order chi connectivity index (χ0) is 34.6. The predicted molar refractivity (Wildman–Crippen MR) is 195 cm³/mol. The van der Waals surface area contributed by atoms with Gasteiger partial charge in [0.05, 0.1) is 28.2 Å². The minimum atomic E-state index is -0.354. The van der Waals surface area contributed by atoms with Gasteiger partial charge in [-0.1, -0.05) is 60.3 Å². The van der Waals surface area contributed by atoms with E-state index in [0.717, 1.165) is 33.1 Å². The minimum Gasteiger partial charge on any atom is -0.311 e. The fourth-order valence-electron chi connectivity index (χ4n) is 6.42. The normalized spacial score (nSPS) is 11.5. The molecule has 4 aromatic heterocycles. The van der Waals surface area contributed by atoms with Crippen molar-refractivity contribution in [1.82, 2.24) is 23.5 Å². The number of thioether (sulfide) groups is 1. The highest BCUT2D eigenvalue weighted by molar-refractivity contribution is 7.99. The van der Waals surface area contributed by atoms with Crippen LogP contribution < -0.4 is 11.1 Å². The van der Waals surface area contributed by atoms with Crippen LogP contribution in [0.2, 0.25) is 0 Å². The number of para-hydroxylation sites is 2. The van der Waals surface area contributed by atoms with Gasteiger partial charge in [-0.15, -0.1) is 11.3 Å². The van der Waals surface area contributed by atoms with Gasteiger partial charge in [-0.3, -0.25) is 23.6 Å². The van der Waals surface area contributed by atoms with Crippen molar-refractivity contribution in [2.75, 3.05) is 5.75 Å². The van der Waals surface area contributed by atoms with Gasteiger partial charge in [-0.2, -0.15) is 0 Å². The van der Waals surface area contributed by atoms with Gasteiger partial charge in [0.25, 0.3) is 11.1 Å². The van der Waals surface area contributed by atoms with Crippen LogP contribution in [0.25, 0.3) is 38.4 Å². The summed E-state index contributed by atoms with van der Waals surface area (Å²) in [4.78, 5) is 48.4. The first-order valence-electron chi connectivity index (χ1n) is 15.6. The molecule has 0 unspecified atom stereocenters. The number of carbonyl (C=O) groups is 1. The second-order valence-electron chi connectivity index (χ2n) is 11.8. The van der Waals surface area contributed by atoms with Crippen LogP contribution in [0.4, 0.5) is 4.39 Å². The fourth-order valence-corrected chi connectivity index (χ4v) is 8.40. The van der Waals surface area contributed by atoms with Gasteiger partial charge in [0.2, 0.25) is 0 Å². The molecule has 0 aliphatic heterocycles. The molecule has 3 aromatic carbocycles. The molecule has 49 heavy (non-hydrogen) atoms. The monoisotopic (exact) mass is 689 g/mol. The van der Waals surface area contributed by atoms with E-state index in [9.17, 15) is 18.8 Å². The summed E-state index contributed by atoms with van der Waals surface area (Å²) in [5, 5.41) is 0.846. The molecule has 0 amide bonds. The average Bonchev–Trinajstić information content (AvgIpc) is 3.66. The lowest BCUT2D eigenvalue weighted by molar-refractivity contribution is 0.102. The minimum absolute atomic E-state index is 0.0201. The summed E-state index contributed by atoms with van der Waals surface area (Å²) in [6.07, 6.45) is 0. The van der Waals surface area contributed by atoms with Crippen molar-refractivity contribution in [3.8, 4) is 28.2 Å². The molecule has 4 heterocycles. The van der Waals surface area contributed by atoms with E-state index < -0.39 is 0 Å². The van der Waals surface area contributed by atoms with Crippen molar-refractivity contribution in [2.45, 2.75) is 32.9 Å². The van der Waals surface area contributed by atoms with E-state index in [0.29, 0.717) is 38.0 Å². The second-order valence-corrected chi connectivity index (χ2v) is 14.0. The number of benzene rings is 3. The number of thiophene rings is 1. The van der Waals surface area contributed by atoms with Crippen molar-refractivity contribution in [3.63, 3.8) is 0 Å². The number of ketones is 1. The van der Waals surface area contributed by atoms with Gasteiger partial charge >= 0.3 is 0 Å². The van der Waals surface area contributed by atoms with Crippen molar-refractivity contribution in [3.05, 3.63) is 145 Å². The molecule has 0 aliphatic carbocycles. The Hall–Kier alpha value is -5.26. The second kappa shape index (κ2) is 12.6. The third-order valence-corrected chi connectivity index (χ3v) is 10.8. The molecule has 11 heteroatoms. The summed E-state index contributed by atoms with van der Waals surface area (Å²) < 4.78 is 20.6. The van der Waals surface area contributed by atoms with E-state index >= 15 is 0 Å². The highest BCUT2D eigenvalue weighted by Gasteiger charge is 2.25. The lowest BCUT2D eigenvalue weighted by Crippen LogP contribution is -2.22. The molecule has 0 aliphatic rings. The zero-order valence-electron chi connectivity index (χ0n) is 27.5. The van der Waals surface area contributed by atoms with Crippen molar-refractivity contribution in [2.24, 2.45) is 7.05 Å². The lowest BCUT2D eigenvalue weighted by atomic mass is 10.0. The van der Waals surface area contributed by atoms with Crippen LogP contribution in [-0.4, -0.2) is 35.0 Å². The molecule has 0 saturated heterocycles. The van der Waals surface area contributed by atoms with Crippen LogP contribution in [0.15, 0.2) is 106 Å². The molecule has 0 atom stereocenters. The SMILES string of the molecule is Cc1sc2nc(SCC(=O)c3cc(C)n(-c4c(C)n(C)n(-c5ccccc5)c4=O)c3C)n(-c3ccccc3)c(=O)c2c1-c1ccc(F)cc1. The van der Waals surface area contributed by atoms with E-state index in [1.165, 1.54) is 35.2 Å². The van der Waals surface area contributed by atoms with Gasteiger partial charge in [0.15, 0.2) is 10.9 Å². The van der Waals surface area contributed by atoms with Crippen LogP contribution in [0.1, 0.15) is 32.3 Å². The number of halogens is 1. The molecular formula is C38H32FN5O3S2. The van der Waals surface area contributed by atoms with Crippen LogP contribution >= 0.6 is 23.1 Å². The van der Waals surface area contributed by atoms with Crippen molar-refractivity contribution >= 4 is 39.1 Å². The quantitative estimate of drug-likeness (QED) is 0.0927. The van der Waals surface area contributed by atoms with Gasteiger partial charge in [-0.05, 0) is 75.7 Å². The molecule has 0 bridgehead atoms. The molecule has 246 valence electrons. The van der Waals surface area contributed by atoms with E-state index in [1.807, 2.05) is 111 Å². The maximum atomic E-state index is 14.3. The number of Topliss-reactive ketones (excluding diaryl/α,β-unsaturated/α-hetero) is 1. The zero-order valence-corrected chi connectivity index (χ0v) is 29.2. The van der Waals surface area contributed by atoms with Crippen LogP contribution in [-0.2, 0) is 7.05 Å². The van der Waals surface area contributed by atoms with Crippen LogP contribution in [0.5, 0.6) is 0 Å². The molecule has 7 rings (SSSR count). The van der Waals surface area contributed by atoms with E-state index in [2.05, 4.69) is 0 Å². The van der Waals surface area contributed by atoms with Gasteiger partial charge in [0, 0.05) is 34.4 Å². The van der Waals surface area contributed by atoms with Gasteiger partial charge in [0.1, 0.15) is 16.3 Å². The maximum Gasteiger partial charge on any atom is 0.295 e. The predicted octanol–water partition coefficient (Wildman–Crippen LogP) is 7.74. The van der Waals surface area contributed by atoms with E-state index in [4.69, 9.17) is 4.98 Å². The van der Waals surface area contributed by atoms with Crippen molar-refractivity contribution < 1.29 is 9.18 Å². The summed E-state index contributed by atoms with van der Waals surface area (Å²) in [6, 6.07) is 26.6. The molecule has 0 N–H and O–H groups in total. The number of aromatic nitrogens is 5. The van der Waals surface area contributed by atoms with Crippen LogP contribution in [0, 0.1) is 33.5 Å². The first-order valence-corrected chi connectivity index (χ1v) is 17.4. The van der Waals surface area contributed by atoms with Crippen molar-refractivity contribution in [1.29, 1.82) is 0 Å². The third kappa shape index (κ3) is 5.48. The number of carbonyl (C=O) groups excluding carboxylic acids is 1. The Morgan fingerprint density at radius 1 is 0.816 bits per heavy atom. The Kier molecular flexibility index (Phi) is 8.33. The molecular weight excluding hydrogens is 658 g/mol. The Labute approximate surface area is 289 Å². The van der Waals surface area contributed by atoms with E-state index in [-0.39, 0.29) is 28.5 Å². The molecule has 7 aromatic rings. The maximum absolute atomic E-state index is 14.3. The average molecular weight is 690 g/mol. The highest BCUT2D eigenvalue weighted by Crippen LogP contribution is 2.37. The Balaban J connectivity index is 1.27. The summed E-state index contributed by atoms with van der Waals surface area (Å²) in [5.74, 6) is -0.482. The number of hydrogen-bond donors (Lipinski definition) is 0. The summed E-state index contributed by atoms with van der Waals surface area (Å²) in [7, 11) is 1.85. The van der Waals surface area contributed by atoms with Gasteiger partial charge in [-0.25, -0.2) is 14.1 Å². The summed E-state index contributed by atoms with van der Waals surface area (Å²) in [5.41, 5.74) is 5.57. The first kappa shape index (κ1) is 32.3. The Bertz CT molecular complexity index is 2510. The summed E-state index contributed by atoms with van der Waals surface area (Å²) >= 11 is 2.59. The topological polar surface area (TPSA) is 83.8 Å². The third-order valence-electron chi connectivity index (χ3n) is 8.83. The number of nitrogens with zero attached hydrogens (tertiary/aromatic N) is 5. The summed E-state index contributed by atoms with van der Waals surface area (Å²) in [6.45, 7) is 7.55. The lowest BCUT2D eigenvalue weighted by Gasteiger charge is -2.13. The molecule has 0 radical (unpaired) electrons. The highest BCUT2D eigenvalue weighted by atomic mass is 32.2.